The fourth-order valence-corrected chi connectivity index (χ4v) is 1.36. The van der Waals surface area contributed by atoms with Gasteiger partial charge in [-0.05, 0) is 6.92 Å². The molecule has 0 aliphatic rings. The van der Waals surface area contributed by atoms with E-state index in [0.29, 0.717) is 13.0 Å². The fraction of sp³-hybridized carbons (Fsp3) is 0.600. The molecule has 3 N–H and O–H groups in total. The monoisotopic (exact) mass is 261 g/mol. The van der Waals surface area contributed by atoms with Crippen molar-refractivity contribution in [2.24, 2.45) is 0 Å². The summed E-state index contributed by atoms with van der Waals surface area (Å²) in [5.41, 5.74) is -1.37. The molecule has 7 heteroatoms. The smallest absolute Gasteiger partial charge is 0.271 e. The molecule has 1 aromatic rings. The Labute approximate surface area is 104 Å². The zero-order chi connectivity index (χ0) is 12.9. The Balaban J connectivity index is 2.61. The van der Waals surface area contributed by atoms with Crippen LogP contribution < -0.4 is 10.9 Å². The van der Waals surface area contributed by atoms with E-state index >= 15 is 0 Å². The molecule has 0 aliphatic carbocycles. The molecule has 1 rings (SSSR count). The van der Waals surface area contributed by atoms with E-state index in [0.717, 1.165) is 0 Å². The fourth-order valence-electron chi connectivity index (χ4n) is 1.19. The molecule has 0 fully saturated rings. The average Bonchev–Trinajstić information content (AvgIpc) is 2.29. The van der Waals surface area contributed by atoms with Crippen molar-refractivity contribution in [2.75, 3.05) is 25.6 Å². The van der Waals surface area contributed by atoms with Gasteiger partial charge >= 0.3 is 0 Å². The van der Waals surface area contributed by atoms with Crippen molar-refractivity contribution < 1.29 is 9.84 Å². The minimum absolute atomic E-state index is 0.0185. The summed E-state index contributed by atoms with van der Waals surface area (Å²) in [6.07, 6.45) is 1.72. The van der Waals surface area contributed by atoms with Gasteiger partial charge in [0.15, 0.2) is 5.82 Å². The number of H-pyrrole nitrogens is 1. The van der Waals surface area contributed by atoms with E-state index in [1.165, 1.54) is 6.33 Å². The molecule has 0 aliphatic heterocycles. The third-order valence-corrected chi connectivity index (χ3v) is 2.63. The highest BCUT2D eigenvalue weighted by Gasteiger charge is 2.20. The van der Waals surface area contributed by atoms with Gasteiger partial charge in [-0.1, -0.05) is 11.6 Å². The summed E-state index contributed by atoms with van der Waals surface area (Å²) in [6, 6.07) is 0. The van der Waals surface area contributed by atoms with Crippen molar-refractivity contribution in [1.29, 1.82) is 0 Å². The van der Waals surface area contributed by atoms with Gasteiger partial charge in [-0.2, -0.15) is 0 Å². The van der Waals surface area contributed by atoms with Crippen LogP contribution in [0.5, 0.6) is 0 Å². The molecule has 0 spiro atoms. The van der Waals surface area contributed by atoms with Crippen molar-refractivity contribution in [2.45, 2.75) is 18.9 Å². The molecule has 6 nitrogen and oxygen atoms in total. The zero-order valence-corrected chi connectivity index (χ0v) is 10.5. The number of hydrogen-bond acceptors (Lipinski definition) is 5. The Bertz CT molecular complexity index is 420. The van der Waals surface area contributed by atoms with Crippen LogP contribution in [0, 0.1) is 0 Å². The summed E-state index contributed by atoms with van der Waals surface area (Å²) in [5, 5.41) is 12.8. The first kappa shape index (κ1) is 14.0. The van der Waals surface area contributed by atoms with E-state index in [4.69, 9.17) is 16.3 Å². The highest BCUT2D eigenvalue weighted by Crippen LogP contribution is 2.15. The van der Waals surface area contributed by atoms with Crippen LogP contribution in [0.15, 0.2) is 11.1 Å². The van der Waals surface area contributed by atoms with Crippen molar-refractivity contribution in [3.05, 3.63) is 21.7 Å². The van der Waals surface area contributed by atoms with E-state index in [-0.39, 0.29) is 17.4 Å². The highest BCUT2D eigenvalue weighted by atomic mass is 35.5. The van der Waals surface area contributed by atoms with Crippen molar-refractivity contribution in [3.63, 3.8) is 0 Å². The van der Waals surface area contributed by atoms with E-state index in [1.54, 1.807) is 14.0 Å². The number of rotatable bonds is 6. The van der Waals surface area contributed by atoms with Gasteiger partial charge in [-0.25, -0.2) is 4.98 Å². The van der Waals surface area contributed by atoms with Crippen LogP contribution >= 0.6 is 11.6 Å². The van der Waals surface area contributed by atoms with Crippen LogP contribution in [0.3, 0.4) is 0 Å². The van der Waals surface area contributed by atoms with Gasteiger partial charge in [0.25, 0.3) is 5.56 Å². The molecule has 96 valence electrons. The summed E-state index contributed by atoms with van der Waals surface area (Å²) in [4.78, 5) is 17.4. The number of hydrogen-bond donors (Lipinski definition) is 3. The quantitative estimate of drug-likeness (QED) is 0.699. The van der Waals surface area contributed by atoms with E-state index in [2.05, 4.69) is 15.3 Å². The molecule has 0 radical (unpaired) electrons. The van der Waals surface area contributed by atoms with Gasteiger partial charge in [0, 0.05) is 26.7 Å². The maximum absolute atomic E-state index is 11.2. The average molecular weight is 262 g/mol. The van der Waals surface area contributed by atoms with E-state index < -0.39 is 11.2 Å². The van der Waals surface area contributed by atoms with Gasteiger partial charge in [-0.3, -0.25) is 4.79 Å². The molecule has 0 amide bonds. The number of halogens is 1. The zero-order valence-electron chi connectivity index (χ0n) is 9.79. The van der Waals surface area contributed by atoms with Crippen LogP contribution in [0.4, 0.5) is 5.82 Å². The van der Waals surface area contributed by atoms with Crippen LogP contribution in [0.1, 0.15) is 13.3 Å². The molecular formula is C10H16ClN3O3. The SMILES string of the molecule is COCCC(C)(O)CNc1nc[nH]c(=O)c1Cl. The number of nitrogens with zero attached hydrogens (tertiary/aromatic N) is 1. The first-order valence-corrected chi connectivity index (χ1v) is 5.52. The number of anilines is 1. The Kier molecular flexibility index (Phi) is 4.92. The van der Waals surface area contributed by atoms with Crippen LogP contribution in [-0.2, 0) is 4.74 Å². The van der Waals surface area contributed by atoms with Crippen molar-refractivity contribution >= 4 is 17.4 Å². The summed E-state index contributed by atoms with van der Waals surface area (Å²) < 4.78 is 4.89. The summed E-state index contributed by atoms with van der Waals surface area (Å²) >= 11 is 5.75. The van der Waals surface area contributed by atoms with Crippen LogP contribution in [0.25, 0.3) is 0 Å². The third-order valence-electron chi connectivity index (χ3n) is 2.28. The number of ether oxygens (including phenoxy) is 1. The molecule has 1 heterocycles. The molecule has 1 unspecified atom stereocenters. The highest BCUT2D eigenvalue weighted by molar-refractivity contribution is 6.32. The van der Waals surface area contributed by atoms with Gasteiger partial charge in [-0.15, -0.1) is 0 Å². The first-order chi connectivity index (χ1) is 7.96. The van der Waals surface area contributed by atoms with E-state index in [1.807, 2.05) is 0 Å². The molecule has 0 aromatic carbocycles. The van der Waals surface area contributed by atoms with Gasteiger partial charge in [0.2, 0.25) is 0 Å². The lowest BCUT2D eigenvalue weighted by Crippen LogP contribution is -2.35. The van der Waals surface area contributed by atoms with Gasteiger partial charge < -0.3 is 20.1 Å². The van der Waals surface area contributed by atoms with Gasteiger partial charge in [0.05, 0.1) is 11.9 Å². The largest absolute Gasteiger partial charge is 0.388 e. The standard InChI is InChI=1S/C10H16ClN3O3/c1-10(16,3-4-17-2)5-12-8-7(11)9(15)14-6-13-8/h6,16H,3-5H2,1-2H3,(H2,12,13,14,15). The van der Waals surface area contributed by atoms with Crippen LogP contribution in [0.2, 0.25) is 5.02 Å². The molecular weight excluding hydrogens is 246 g/mol. The van der Waals surface area contributed by atoms with E-state index in [9.17, 15) is 9.90 Å². The Morgan fingerprint density at radius 2 is 2.41 bits per heavy atom. The van der Waals surface area contributed by atoms with Crippen molar-refractivity contribution in [1.82, 2.24) is 9.97 Å². The second kappa shape index (κ2) is 6.00. The molecule has 1 aromatic heterocycles. The second-order valence-corrected chi connectivity index (χ2v) is 4.37. The number of aromatic amines is 1. The number of methoxy groups -OCH3 is 1. The lowest BCUT2D eigenvalue weighted by molar-refractivity contribution is 0.0357. The minimum Gasteiger partial charge on any atom is -0.388 e. The maximum Gasteiger partial charge on any atom is 0.271 e. The normalized spacial score (nSPS) is 14.4. The maximum atomic E-state index is 11.2. The minimum atomic E-state index is -0.955. The summed E-state index contributed by atoms with van der Waals surface area (Å²) in [7, 11) is 1.57. The first-order valence-electron chi connectivity index (χ1n) is 5.14. The Morgan fingerprint density at radius 1 is 1.71 bits per heavy atom. The third kappa shape index (κ3) is 4.33. The lowest BCUT2D eigenvalue weighted by Gasteiger charge is -2.23. The number of aromatic nitrogens is 2. The summed E-state index contributed by atoms with van der Waals surface area (Å²) in [5.74, 6) is 0.258. The second-order valence-electron chi connectivity index (χ2n) is 3.99. The molecule has 17 heavy (non-hydrogen) atoms. The van der Waals surface area contributed by atoms with Crippen molar-refractivity contribution in [3.8, 4) is 0 Å². The predicted molar refractivity (Wildman–Crippen MR) is 65.5 cm³/mol. The number of aliphatic hydroxyl groups is 1. The Morgan fingerprint density at radius 3 is 3.06 bits per heavy atom. The molecule has 0 saturated carbocycles. The topological polar surface area (TPSA) is 87.2 Å². The molecule has 1 atom stereocenters. The predicted octanol–water partition coefficient (Wildman–Crippen LogP) is 0.623. The Hall–Kier alpha value is -1.11. The summed E-state index contributed by atoms with van der Waals surface area (Å²) in [6.45, 7) is 2.35. The number of nitrogens with one attached hydrogen (secondary N) is 2. The lowest BCUT2D eigenvalue weighted by atomic mass is 10.0. The van der Waals surface area contributed by atoms with Gasteiger partial charge in [0.1, 0.15) is 5.02 Å². The molecule has 0 saturated heterocycles. The van der Waals surface area contributed by atoms with Crippen LogP contribution in [-0.4, -0.2) is 40.9 Å². The molecule has 0 bridgehead atoms.